The zero-order chi connectivity index (χ0) is 24.6. The van der Waals surface area contributed by atoms with Crippen molar-refractivity contribution in [3.8, 4) is 11.5 Å². The minimum absolute atomic E-state index is 0.0432. The van der Waals surface area contributed by atoms with Crippen molar-refractivity contribution in [2.75, 3.05) is 30.5 Å². The maximum Gasteiger partial charge on any atom is 0.413 e. The molecule has 31 heavy (non-hydrogen) atoms. The topological polar surface area (TPSA) is 138 Å². The number of ether oxygens (including phenoxy) is 1. The molecule has 0 aliphatic carbocycles. The van der Waals surface area contributed by atoms with E-state index >= 15 is 0 Å². The van der Waals surface area contributed by atoms with Crippen LogP contribution in [0.3, 0.4) is 0 Å². The Morgan fingerprint density at radius 1 is 1.23 bits per heavy atom. The van der Waals surface area contributed by atoms with Gasteiger partial charge in [-0.3, -0.25) is 4.90 Å². The average Bonchev–Trinajstić information content (AvgIpc) is 3.12. The van der Waals surface area contributed by atoms with Gasteiger partial charge >= 0.3 is 6.09 Å². The molecule has 0 fully saturated rings. The number of amides is 1. The molecule has 4 rings (SSSR count). The van der Waals surface area contributed by atoms with Crippen LogP contribution in [0, 0.1) is 5.82 Å². The second-order valence-corrected chi connectivity index (χ2v) is 6.57. The lowest BCUT2D eigenvalue weighted by atomic mass is 10.2. The SMILES string of the molecule is [2H]C([2H])([2H])OC(=O)N(C)c1c(N)nc(-c2nn(Cc3ccccc3F)c3ncccc23)nc1N. The Balaban J connectivity index is 1.75. The van der Waals surface area contributed by atoms with E-state index in [0.29, 0.717) is 16.6 Å². The number of hydrogen-bond acceptors (Lipinski definition) is 8. The lowest BCUT2D eigenvalue weighted by Crippen LogP contribution is -2.28. The van der Waals surface area contributed by atoms with Gasteiger partial charge < -0.3 is 16.2 Å². The molecular weight excluding hydrogens is 403 g/mol. The summed E-state index contributed by atoms with van der Waals surface area (Å²) in [6, 6.07) is 9.74. The Morgan fingerprint density at radius 3 is 2.68 bits per heavy atom. The Hall–Kier alpha value is -4.28. The summed E-state index contributed by atoms with van der Waals surface area (Å²) in [6.07, 6.45) is 0.364. The number of aromatic nitrogens is 5. The second kappa shape index (κ2) is 7.86. The summed E-state index contributed by atoms with van der Waals surface area (Å²) in [6.45, 7) is 0.104. The van der Waals surface area contributed by atoms with Crippen molar-refractivity contribution in [3.05, 3.63) is 54.0 Å². The number of nitrogens with zero attached hydrogens (tertiary/aromatic N) is 6. The molecular formula is C20H19FN8O2. The number of nitrogen functional groups attached to an aromatic ring is 2. The van der Waals surface area contributed by atoms with E-state index < -0.39 is 13.1 Å². The van der Waals surface area contributed by atoms with E-state index in [0.717, 1.165) is 4.90 Å². The van der Waals surface area contributed by atoms with Crippen molar-refractivity contribution in [3.63, 3.8) is 0 Å². The molecule has 0 unspecified atom stereocenters. The highest BCUT2D eigenvalue weighted by atomic mass is 19.1. The second-order valence-electron chi connectivity index (χ2n) is 6.57. The standard InChI is InChI=1S/C20H19FN8O2/c1-28(20(30)31-2)15-16(22)25-18(26-17(15)23)14-12-7-5-9-24-19(12)29(27-14)10-11-6-3-4-8-13(11)21/h3-9H,10H2,1-2H3,(H4,22,23,25,26)/i2D3. The maximum absolute atomic E-state index is 14.2. The van der Waals surface area contributed by atoms with E-state index in [1.807, 2.05) is 0 Å². The maximum atomic E-state index is 14.2. The highest BCUT2D eigenvalue weighted by Crippen LogP contribution is 2.32. The smallest absolute Gasteiger partial charge is 0.413 e. The van der Waals surface area contributed by atoms with Crippen molar-refractivity contribution in [2.24, 2.45) is 0 Å². The minimum atomic E-state index is -2.95. The number of carbonyl (C=O) groups excluding carboxylic acids is 1. The lowest BCUT2D eigenvalue weighted by Gasteiger charge is -2.18. The molecule has 11 heteroatoms. The normalized spacial score (nSPS) is 12.8. The first-order valence-corrected chi connectivity index (χ1v) is 9.00. The van der Waals surface area contributed by atoms with E-state index in [1.165, 1.54) is 17.8 Å². The van der Waals surface area contributed by atoms with Gasteiger partial charge in [0.25, 0.3) is 0 Å². The molecule has 3 aromatic heterocycles. The van der Waals surface area contributed by atoms with Crippen LogP contribution in [0.4, 0.5) is 26.5 Å². The largest absolute Gasteiger partial charge is 0.452 e. The summed E-state index contributed by atoms with van der Waals surface area (Å²) in [5.41, 5.74) is 13.1. The fourth-order valence-electron chi connectivity index (χ4n) is 3.17. The van der Waals surface area contributed by atoms with Crippen LogP contribution in [0.2, 0.25) is 0 Å². The van der Waals surface area contributed by atoms with E-state index in [-0.39, 0.29) is 41.2 Å². The molecule has 1 amide bonds. The van der Waals surface area contributed by atoms with Crippen molar-refractivity contribution in [1.82, 2.24) is 24.7 Å². The van der Waals surface area contributed by atoms with Crippen LogP contribution in [0.25, 0.3) is 22.6 Å². The van der Waals surface area contributed by atoms with Crippen molar-refractivity contribution >= 4 is 34.4 Å². The van der Waals surface area contributed by atoms with Crippen LogP contribution >= 0.6 is 0 Å². The number of anilines is 3. The number of nitrogens with two attached hydrogens (primary N) is 2. The molecule has 0 saturated heterocycles. The summed E-state index contributed by atoms with van der Waals surface area (Å²) in [7, 11) is -1.73. The monoisotopic (exact) mass is 425 g/mol. The molecule has 0 aliphatic rings. The molecule has 158 valence electrons. The van der Waals surface area contributed by atoms with Gasteiger partial charge in [-0.1, -0.05) is 18.2 Å². The number of fused-ring (bicyclic) bond motifs is 1. The van der Waals surface area contributed by atoms with Gasteiger partial charge in [-0.25, -0.2) is 28.8 Å². The predicted molar refractivity (Wildman–Crippen MR) is 114 cm³/mol. The van der Waals surface area contributed by atoms with Crippen LogP contribution in [0.15, 0.2) is 42.6 Å². The fourth-order valence-corrected chi connectivity index (χ4v) is 3.17. The van der Waals surface area contributed by atoms with Gasteiger partial charge in [-0.15, -0.1) is 0 Å². The van der Waals surface area contributed by atoms with Gasteiger partial charge in [-0.05, 0) is 18.2 Å². The number of benzene rings is 1. The van der Waals surface area contributed by atoms with Crippen LogP contribution in [0.5, 0.6) is 0 Å². The molecule has 0 aliphatic heterocycles. The minimum Gasteiger partial charge on any atom is -0.452 e. The third kappa shape index (κ3) is 3.56. The van der Waals surface area contributed by atoms with Gasteiger partial charge in [0, 0.05) is 18.8 Å². The summed E-state index contributed by atoms with van der Waals surface area (Å²) < 4.78 is 41.3. The molecule has 0 saturated carbocycles. The summed E-state index contributed by atoms with van der Waals surface area (Å²) in [5, 5.41) is 5.08. The van der Waals surface area contributed by atoms with Crippen LogP contribution in [-0.2, 0) is 11.3 Å². The van der Waals surface area contributed by atoms with Crippen LogP contribution in [0.1, 0.15) is 9.68 Å². The summed E-state index contributed by atoms with van der Waals surface area (Å²) in [5.74, 6) is -0.743. The number of halogens is 1. The zero-order valence-electron chi connectivity index (χ0n) is 19.3. The first-order valence-electron chi connectivity index (χ1n) is 10.5. The van der Waals surface area contributed by atoms with E-state index in [2.05, 4.69) is 24.8 Å². The molecule has 4 aromatic rings. The highest BCUT2D eigenvalue weighted by molar-refractivity contribution is 5.96. The van der Waals surface area contributed by atoms with Crippen LogP contribution < -0.4 is 16.4 Å². The molecule has 1 aromatic carbocycles. The van der Waals surface area contributed by atoms with E-state index in [9.17, 15) is 9.18 Å². The molecule has 10 nitrogen and oxygen atoms in total. The summed E-state index contributed by atoms with van der Waals surface area (Å²) >= 11 is 0. The number of pyridine rings is 1. The number of carbonyl (C=O) groups is 1. The van der Waals surface area contributed by atoms with Gasteiger partial charge in [-0.2, -0.15) is 5.10 Å². The van der Waals surface area contributed by atoms with E-state index in [1.54, 1.807) is 36.5 Å². The number of hydrogen-bond donors (Lipinski definition) is 2. The van der Waals surface area contributed by atoms with Gasteiger partial charge in [0.1, 0.15) is 17.2 Å². The van der Waals surface area contributed by atoms with Crippen molar-refractivity contribution in [1.29, 1.82) is 0 Å². The lowest BCUT2D eigenvalue weighted by molar-refractivity contribution is 0.180. The Kier molecular flexibility index (Phi) is 4.19. The first-order chi connectivity index (χ1) is 16.0. The first kappa shape index (κ1) is 16.5. The van der Waals surface area contributed by atoms with Gasteiger partial charge in [0.15, 0.2) is 23.1 Å². The fraction of sp³-hybridized carbons (Fsp3) is 0.150. The Labute approximate surface area is 180 Å². The van der Waals surface area contributed by atoms with Crippen molar-refractivity contribution < 1.29 is 18.0 Å². The zero-order valence-corrected chi connectivity index (χ0v) is 16.3. The quantitative estimate of drug-likeness (QED) is 0.508. The molecule has 0 atom stereocenters. The Morgan fingerprint density at radius 2 is 1.97 bits per heavy atom. The predicted octanol–water partition coefficient (Wildman–Crippen LogP) is 2.44. The molecule has 0 bridgehead atoms. The summed E-state index contributed by atoms with van der Waals surface area (Å²) in [4.78, 5) is 25.7. The molecule has 3 heterocycles. The third-order valence-corrected chi connectivity index (χ3v) is 4.63. The number of methoxy groups -OCH3 is 1. The third-order valence-electron chi connectivity index (χ3n) is 4.63. The van der Waals surface area contributed by atoms with Crippen LogP contribution in [-0.4, -0.2) is 44.9 Å². The molecule has 0 radical (unpaired) electrons. The van der Waals surface area contributed by atoms with E-state index in [4.69, 9.17) is 15.6 Å². The average molecular weight is 425 g/mol. The molecule has 0 spiro atoms. The van der Waals surface area contributed by atoms with Gasteiger partial charge in [0.2, 0.25) is 0 Å². The number of rotatable bonds is 4. The molecule has 4 N–H and O–H groups in total. The highest BCUT2D eigenvalue weighted by Gasteiger charge is 2.23. The van der Waals surface area contributed by atoms with Gasteiger partial charge in [0.05, 0.1) is 23.1 Å². The van der Waals surface area contributed by atoms with Crippen molar-refractivity contribution in [2.45, 2.75) is 6.54 Å². The Bertz CT molecular complexity index is 1370.